The molecule has 0 atom stereocenters. The average molecular weight is 471 g/mol. The van der Waals surface area contributed by atoms with Gasteiger partial charge in [0, 0.05) is 25.5 Å². The Morgan fingerprint density at radius 3 is 2.64 bits per heavy atom. The topological polar surface area (TPSA) is 78.7 Å². The third-order valence-electron chi connectivity index (χ3n) is 4.98. The summed E-state index contributed by atoms with van der Waals surface area (Å²) in [6, 6.07) is 9.56. The highest BCUT2D eigenvalue weighted by Crippen LogP contribution is 2.40. The van der Waals surface area contributed by atoms with Gasteiger partial charge >= 0.3 is 0 Å². The summed E-state index contributed by atoms with van der Waals surface area (Å²) in [7, 11) is 3.15. The average Bonchev–Trinajstić information content (AvgIpc) is 3.50. The standard InChI is InChI=1S/C23H23FN4O4S/c1-30-18-8-9-19(31-2)22-21(18)26-23(33-22)28(12-5-11-27-13-10-25-15-27)20(29)14-32-17-7-4-3-6-16(17)24/h3-4,6-10,13,15H,5,11-12,14H2,1-2H3. The van der Waals surface area contributed by atoms with E-state index in [9.17, 15) is 9.18 Å². The normalized spacial score (nSPS) is 10.9. The first kappa shape index (κ1) is 22.5. The number of aromatic nitrogens is 3. The Bertz CT molecular complexity index is 1190. The van der Waals surface area contributed by atoms with Gasteiger partial charge in [-0.2, -0.15) is 0 Å². The first-order valence-electron chi connectivity index (χ1n) is 10.3. The van der Waals surface area contributed by atoms with Gasteiger partial charge in [0.1, 0.15) is 21.7 Å². The second-order valence-electron chi connectivity index (χ2n) is 7.06. The van der Waals surface area contributed by atoms with Crippen LogP contribution in [0.15, 0.2) is 55.1 Å². The van der Waals surface area contributed by atoms with Gasteiger partial charge in [0.05, 0.1) is 20.5 Å². The fourth-order valence-corrected chi connectivity index (χ4v) is 4.44. The van der Waals surface area contributed by atoms with Gasteiger partial charge in [-0.1, -0.05) is 23.5 Å². The quantitative estimate of drug-likeness (QED) is 0.347. The fraction of sp³-hybridized carbons (Fsp3) is 0.261. The molecular formula is C23H23FN4O4S. The summed E-state index contributed by atoms with van der Waals surface area (Å²) >= 11 is 1.33. The molecule has 0 radical (unpaired) electrons. The Labute approximate surface area is 194 Å². The maximum atomic E-state index is 13.9. The van der Waals surface area contributed by atoms with Crippen molar-refractivity contribution in [3.63, 3.8) is 0 Å². The Morgan fingerprint density at radius 1 is 1.12 bits per heavy atom. The summed E-state index contributed by atoms with van der Waals surface area (Å²) < 4.78 is 33.0. The number of imidazole rings is 1. The van der Waals surface area contributed by atoms with E-state index in [2.05, 4.69) is 9.97 Å². The van der Waals surface area contributed by atoms with Crippen LogP contribution in [0.25, 0.3) is 10.2 Å². The van der Waals surface area contributed by atoms with Crippen molar-refractivity contribution >= 4 is 32.6 Å². The molecule has 172 valence electrons. The number of benzene rings is 2. The molecule has 0 bridgehead atoms. The summed E-state index contributed by atoms with van der Waals surface area (Å²) in [5.41, 5.74) is 0.610. The van der Waals surface area contributed by atoms with E-state index in [0.29, 0.717) is 41.7 Å². The van der Waals surface area contributed by atoms with Crippen molar-refractivity contribution in [2.45, 2.75) is 13.0 Å². The fourth-order valence-electron chi connectivity index (χ4n) is 3.33. The second kappa shape index (κ2) is 10.3. The number of para-hydroxylation sites is 1. The number of ether oxygens (including phenoxy) is 3. The number of carbonyl (C=O) groups excluding carboxylic acids is 1. The molecule has 0 saturated carbocycles. The molecule has 2 aromatic heterocycles. The van der Waals surface area contributed by atoms with Crippen LogP contribution >= 0.6 is 11.3 Å². The number of rotatable bonds is 10. The van der Waals surface area contributed by atoms with Crippen LogP contribution in [0.5, 0.6) is 17.2 Å². The van der Waals surface area contributed by atoms with Crippen LogP contribution in [0.4, 0.5) is 9.52 Å². The predicted octanol–water partition coefficient (Wildman–Crippen LogP) is 4.15. The Balaban J connectivity index is 1.60. The highest BCUT2D eigenvalue weighted by Gasteiger charge is 2.23. The lowest BCUT2D eigenvalue weighted by atomic mass is 10.3. The van der Waals surface area contributed by atoms with Crippen molar-refractivity contribution in [2.75, 3.05) is 32.3 Å². The number of hydrogen-bond acceptors (Lipinski definition) is 7. The smallest absolute Gasteiger partial charge is 0.266 e. The maximum absolute atomic E-state index is 13.9. The van der Waals surface area contributed by atoms with Crippen LogP contribution < -0.4 is 19.1 Å². The van der Waals surface area contributed by atoms with Crippen molar-refractivity contribution in [3.05, 3.63) is 60.9 Å². The molecule has 33 heavy (non-hydrogen) atoms. The van der Waals surface area contributed by atoms with Crippen LogP contribution in [0, 0.1) is 5.82 Å². The molecule has 2 aromatic carbocycles. The number of anilines is 1. The molecule has 8 nitrogen and oxygen atoms in total. The van der Waals surface area contributed by atoms with E-state index in [4.69, 9.17) is 14.2 Å². The minimum Gasteiger partial charge on any atom is -0.495 e. The molecule has 0 spiro atoms. The van der Waals surface area contributed by atoms with Crippen LogP contribution in [0.2, 0.25) is 0 Å². The van der Waals surface area contributed by atoms with Gasteiger partial charge in [0.15, 0.2) is 23.3 Å². The number of halogens is 1. The van der Waals surface area contributed by atoms with E-state index in [1.54, 1.807) is 55.9 Å². The summed E-state index contributed by atoms with van der Waals surface area (Å²) in [5, 5.41) is 0.487. The maximum Gasteiger partial charge on any atom is 0.266 e. The second-order valence-corrected chi connectivity index (χ2v) is 8.04. The first-order valence-corrected chi connectivity index (χ1v) is 11.1. The Hall–Kier alpha value is -3.66. The molecule has 0 unspecified atom stereocenters. The highest BCUT2D eigenvalue weighted by molar-refractivity contribution is 7.22. The number of fused-ring (bicyclic) bond motifs is 1. The molecule has 4 aromatic rings. The van der Waals surface area contributed by atoms with Crippen molar-refractivity contribution in [2.24, 2.45) is 0 Å². The molecular weight excluding hydrogens is 447 g/mol. The van der Waals surface area contributed by atoms with Crippen molar-refractivity contribution in [1.82, 2.24) is 14.5 Å². The highest BCUT2D eigenvalue weighted by atomic mass is 32.1. The molecule has 0 aliphatic heterocycles. The van der Waals surface area contributed by atoms with E-state index in [0.717, 1.165) is 4.70 Å². The zero-order valence-corrected chi connectivity index (χ0v) is 19.0. The van der Waals surface area contributed by atoms with E-state index < -0.39 is 5.82 Å². The number of amides is 1. The van der Waals surface area contributed by atoms with Crippen molar-refractivity contribution < 1.29 is 23.4 Å². The molecule has 1 amide bonds. The lowest BCUT2D eigenvalue weighted by molar-refractivity contribution is -0.120. The third-order valence-corrected chi connectivity index (χ3v) is 6.07. The van der Waals surface area contributed by atoms with Gasteiger partial charge in [-0.25, -0.2) is 14.4 Å². The van der Waals surface area contributed by atoms with Crippen molar-refractivity contribution in [1.29, 1.82) is 0 Å². The number of hydrogen-bond donors (Lipinski definition) is 0. The third kappa shape index (κ3) is 5.06. The number of nitrogens with zero attached hydrogens (tertiary/aromatic N) is 4. The molecule has 0 aliphatic rings. The molecule has 2 heterocycles. The Morgan fingerprint density at radius 2 is 1.91 bits per heavy atom. The minimum absolute atomic E-state index is 0.0249. The summed E-state index contributed by atoms with van der Waals surface area (Å²) in [6.45, 7) is 0.744. The van der Waals surface area contributed by atoms with Gasteiger partial charge < -0.3 is 18.8 Å². The van der Waals surface area contributed by atoms with Crippen LogP contribution in [0.1, 0.15) is 6.42 Å². The van der Waals surface area contributed by atoms with Gasteiger partial charge in [0.2, 0.25) is 0 Å². The van der Waals surface area contributed by atoms with Gasteiger partial charge in [0.25, 0.3) is 5.91 Å². The first-order chi connectivity index (χ1) is 16.1. The van der Waals surface area contributed by atoms with E-state index in [1.807, 2.05) is 10.8 Å². The zero-order chi connectivity index (χ0) is 23.2. The Kier molecular flexibility index (Phi) is 7.04. The SMILES string of the molecule is COc1ccc(OC)c2sc(N(CCCn3ccnc3)C(=O)COc3ccccc3F)nc12. The van der Waals surface area contributed by atoms with E-state index in [1.165, 1.54) is 23.5 Å². The lowest BCUT2D eigenvalue weighted by Gasteiger charge is -2.20. The van der Waals surface area contributed by atoms with E-state index in [-0.39, 0.29) is 18.3 Å². The van der Waals surface area contributed by atoms with E-state index >= 15 is 0 Å². The lowest BCUT2D eigenvalue weighted by Crippen LogP contribution is -2.36. The molecule has 0 saturated heterocycles. The summed E-state index contributed by atoms with van der Waals surface area (Å²) in [5.74, 6) is 0.397. The van der Waals surface area contributed by atoms with Gasteiger partial charge in [-0.3, -0.25) is 9.69 Å². The number of carbonyl (C=O) groups is 1. The van der Waals surface area contributed by atoms with Gasteiger partial charge in [-0.15, -0.1) is 0 Å². The predicted molar refractivity (Wildman–Crippen MR) is 124 cm³/mol. The largest absolute Gasteiger partial charge is 0.495 e. The molecule has 4 rings (SSSR count). The molecule has 10 heteroatoms. The minimum atomic E-state index is -0.522. The van der Waals surface area contributed by atoms with Crippen LogP contribution in [-0.2, 0) is 11.3 Å². The van der Waals surface area contributed by atoms with Crippen LogP contribution in [0.3, 0.4) is 0 Å². The summed E-state index contributed by atoms with van der Waals surface area (Å²) in [4.78, 5) is 23.4. The number of methoxy groups -OCH3 is 2. The summed E-state index contributed by atoms with van der Waals surface area (Å²) in [6.07, 6.45) is 5.95. The number of thiazole rings is 1. The monoisotopic (exact) mass is 470 g/mol. The molecule has 0 aliphatic carbocycles. The van der Waals surface area contributed by atoms with Crippen molar-refractivity contribution in [3.8, 4) is 17.2 Å². The molecule has 0 N–H and O–H groups in total. The molecule has 0 fully saturated rings. The zero-order valence-electron chi connectivity index (χ0n) is 18.2. The van der Waals surface area contributed by atoms with Gasteiger partial charge in [-0.05, 0) is 30.7 Å². The van der Waals surface area contributed by atoms with Crippen LogP contribution in [-0.4, -0.2) is 47.8 Å². The number of aryl methyl sites for hydroxylation is 1.